The Hall–Kier alpha value is -2.29. The summed E-state index contributed by atoms with van der Waals surface area (Å²) in [7, 11) is 0. The number of aromatic nitrogens is 1. The van der Waals surface area contributed by atoms with Crippen LogP contribution in [0.25, 0.3) is 0 Å². The van der Waals surface area contributed by atoms with Gasteiger partial charge < -0.3 is 14.4 Å². The van der Waals surface area contributed by atoms with Crippen molar-refractivity contribution in [2.75, 3.05) is 6.54 Å². The quantitative estimate of drug-likeness (QED) is 0.830. The Morgan fingerprint density at radius 2 is 2.12 bits per heavy atom. The summed E-state index contributed by atoms with van der Waals surface area (Å²) >= 11 is 0. The summed E-state index contributed by atoms with van der Waals surface area (Å²) in [5.41, 5.74) is 0.743. The lowest BCUT2D eigenvalue weighted by molar-refractivity contribution is -0.00602. The smallest absolute Gasteiger partial charge is 0.410 e. The van der Waals surface area contributed by atoms with Gasteiger partial charge in [-0.1, -0.05) is 0 Å². The number of ether oxygens (including phenoxy) is 2. The van der Waals surface area contributed by atoms with Gasteiger partial charge in [-0.05, 0) is 59.1 Å². The van der Waals surface area contributed by atoms with Gasteiger partial charge in [-0.25, -0.2) is 9.78 Å². The Bertz CT molecular complexity index is 646. The Kier molecular flexibility index (Phi) is 5.33. The lowest BCUT2D eigenvalue weighted by Gasteiger charge is -2.38. The van der Waals surface area contributed by atoms with Gasteiger partial charge in [0.05, 0.1) is 6.54 Å². The summed E-state index contributed by atoms with van der Waals surface area (Å²) in [6.07, 6.45) is 2.72. The Labute approximate surface area is 143 Å². The fraction of sp³-hybridized carbons (Fsp3) is 0.611. The highest BCUT2D eigenvalue weighted by Gasteiger charge is 2.33. The van der Waals surface area contributed by atoms with E-state index in [2.05, 4.69) is 11.1 Å². The molecule has 130 valence electrons. The first-order valence-corrected chi connectivity index (χ1v) is 8.23. The number of amides is 1. The van der Waals surface area contributed by atoms with Crippen LogP contribution in [0.2, 0.25) is 0 Å². The van der Waals surface area contributed by atoms with Crippen LogP contribution < -0.4 is 4.74 Å². The van der Waals surface area contributed by atoms with Gasteiger partial charge in [0.15, 0.2) is 0 Å². The number of carbonyl (C=O) groups is 1. The van der Waals surface area contributed by atoms with Crippen LogP contribution in [0.1, 0.15) is 51.7 Å². The standard InChI is InChI=1S/C18H25N3O3/c1-12-8-9-20-16(15(12)10-19)23-14-7-6-13(2)21(11-14)17(22)24-18(3,4)5/h8-9,13-14H,6-7,11H2,1-5H3/t13-,14-/m1/s1. The van der Waals surface area contributed by atoms with Gasteiger partial charge in [-0.3, -0.25) is 0 Å². The molecule has 1 saturated heterocycles. The largest absolute Gasteiger partial charge is 0.472 e. The number of aryl methyl sites for hydroxylation is 1. The Morgan fingerprint density at radius 3 is 2.75 bits per heavy atom. The van der Waals surface area contributed by atoms with Crippen LogP contribution in [0.3, 0.4) is 0 Å². The molecule has 0 unspecified atom stereocenters. The molecule has 0 bridgehead atoms. The zero-order valence-electron chi connectivity index (χ0n) is 15.0. The van der Waals surface area contributed by atoms with Gasteiger partial charge in [-0.2, -0.15) is 5.26 Å². The highest BCUT2D eigenvalue weighted by Crippen LogP contribution is 2.25. The van der Waals surface area contributed by atoms with Crippen LogP contribution in [0.15, 0.2) is 12.3 Å². The van der Waals surface area contributed by atoms with Crippen molar-refractivity contribution in [2.24, 2.45) is 0 Å². The molecule has 24 heavy (non-hydrogen) atoms. The molecular weight excluding hydrogens is 306 g/mol. The van der Waals surface area contributed by atoms with Crippen molar-refractivity contribution in [2.45, 2.75) is 65.2 Å². The van der Waals surface area contributed by atoms with Crippen LogP contribution in [0.4, 0.5) is 4.79 Å². The van der Waals surface area contributed by atoms with E-state index in [9.17, 15) is 10.1 Å². The van der Waals surface area contributed by atoms with Crippen molar-refractivity contribution >= 4 is 6.09 Å². The van der Waals surface area contributed by atoms with E-state index >= 15 is 0 Å². The number of nitrogens with zero attached hydrogens (tertiary/aromatic N) is 3. The summed E-state index contributed by atoms with van der Waals surface area (Å²) < 4.78 is 11.4. The molecule has 0 saturated carbocycles. The minimum Gasteiger partial charge on any atom is -0.472 e. The topological polar surface area (TPSA) is 75.4 Å². The van der Waals surface area contributed by atoms with Gasteiger partial charge in [0.1, 0.15) is 23.3 Å². The van der Waals surface area contributed by atoms with Crippen molar-refractivity contribution in [3.63, 3.8) is 0 Å². The van der Waals surface area contributed by atoms with Gasteiger partial charge >= 0.3 is 6.09 Å². The lowest BCUT2D eigenvalue weighted by Crippen LogP contribution is -2.50. The summed E-state index contributed by atoms with van der Waals surface area (Å²) in [6.45, 7) is 9.83. The highest BCUT2D eigenvalue weighted by atomic mass is 16.6. The van der Waals surface area contributed by atoms with E-state index in [1.807, 2.05) is 34.6 Å². The summed E-state index contributed by atoms with van der Waals surface area (Å²) in [6, 6.07) is 4.01. The number of nitriles is 1. The molecule has 2 heterocycles. The third kappa shape index (κ3) is 4.38. The van der Waals surface area contributed by atoms with E-state index in [0.717, 1.165) is 18.4 Å². The second-order valence-electron chi connectivity index (χ2n) is 7.22. The minimum absolute atomic E-state index is 0.0978. The molecule has 2 atom stereocenters. The maximum atomic E-state index is 12.4. The van der Waals surface area contributed by atoms with E-state index in [1.165, 1.54) is 0 Å². The number of hydrogen-bond donors (Lipinski definition) is 0. The predicted octanol–water partition coefficient (Wildman–Crippen LogP) is 3.43. The van der Waals surface area contributed by atoms with E-state index in [4.69, 9.17) is 9.47 Å². The molecule has 1 aromatic rings. The molecule has 1 amide bonds. The SMILES string of the molecule is Cc1ccnc(O[C@@H]2CC[C@@H](C)N(C(=O)OC(C)(C)C)C2)c1C#N. The average molecular weight is 331 g/mol. The van der Waals surface area contributed by atoms with Gasteiger partial charge in [0.25, 0.3) is 0 Å². The first kappa shape index (κ1) is 18.1. The maximum absolute atomic E-state index is 12.4. The third-order valence-corrected chi connectivity index (χ3v) is 3.98. The van der Waals surface area contributed by atoms with E-state index in [1.54, 1.807) is 17.2 Å². The highest BCUT2D eigenvalue weighted by molar-refractivity contribution is 5.68. The number of piperidine rings is 1. The predicted molar refractivity (Wildman–Crippen MR) is 89.7 cm³/mol. The summed E-state index contributed by atoms with van der Waals surface area (Å²) in [4.78, 5) is 18.2. The molecule has 0 spiro atoms. The van der Waals surface area contributed by atoms with Crippen LogP contribution in [-0.2, 0) is 4.74 Å². The summed E-state index contributed by atoms with van der Waals surface area (Å²) in [5, 5.41) is 9.28. The Morgan fingerprint density at radius 1 is 1.42 bits per heavy atom. The van der Waals surface area contributed by atoms with Crippen molar-refractivity contribution in [3.8, 4) is 11.9 Å². The molecule has 0 N–H and O–H groups in total. The van der Waals surface area contributed by atoms with Crippen molar-refractivity contribution in [3.05, 3.63) is 23.4 Å². The molecule has 2 rings (SSSR count). The third-order valence-electron chi connectivity index (χ3n) is 3.98. The number of carbonyl (C=O) groups excluding carboxylic acids is 1. The number of hydrogen-bond acceptors (Lipinski definition) is 5. The lowest BCUT2D eigenvalue weighted by atomic mass is 10.0. The second-order valence-corrected chi connectivity index (χ2v) is 7.22. The van der Waals surface area contributed by atoms with Gasteiger partial charge in [0, 0.05) is 12.2 Å². The monoisotopic (exact) mass is 331 g/mol. The zero-order valence-corrected chi connectivity index (χ0v) is 15.0. The first-order chi connectivity index (χ1) is 11.2. The van der Waals surface area contributed by atoms with Crippen molar-refractivity contribution in [1.29, 1.82) is 5.26 Å². The van der Waals surface area contributed by atoms with Crippen LogP contribution >= 0.6 is 0 Å². The fourth-order valence-electron chi connectivity index (χ4n) is 2.66. The van der Waals surface area contributed by atoms with E-state index < -0.39 is 5.60 Å². The maximum Gasteiger partial charge on any atom is 0.410 e. The molecule has 0 radical (unpaired) electrons. The fourth-order valence-corrected chi connectivity index (χ4v) is 2.66. The molecular formula is C18H25N3O3. The molecule has 1 aliphatic heterocycles. The van der Waals surface area contributed by atoms with Gasteiger partial charge in [-0.15, -0.1) is 0 Å². The molecule has 0 aliphatic carbocycles. The molecule has 1 fully saturated rings. The molecule has 0 aromatic carbocycles. The molecule has 6 heteroatoms. The van der Waals surface area contributed by atoms with Gasteiger partial charge in [0.2, 0.25) is 5.88 Å². The second kappa shape index (κ2) is 7.08. The Balaban J connectivity index is 2.10. The molecule has 1 aliphatic rings. The van der Waals surface area contributed by atoms with Crippen molar-refractivity contribution < 1.29 is 14.3 Å². The normalized spacial score (nSPS) is 21.1. The van der Waals surface area contributed by atoms with Crippen molar-refractivity contribution in [1.82, 2.24) is 9.88 Å². The van der Waals surface area contributed by atoms with E-state index in [0.29, 0.717) is 18.0 Å². The summed E-state index contributed by atoms with van der Waals surface area (Å²) in [5.74, 6) is 0.334. The average Bonchev–Trinajstić information content (AvgIpc) is 2.47. The molecule has 1 aromatic heterocycles. The number of rotatable bonds is 2. The first-order valence-electron chi connectivity index (χ1n) is 8.23. The number of likely N-dealkylation sites (tertiary alicyclic amines) is 1. The van der Waals surface area contributed by atoms with Crippen LogP contribution in [-0.4, -0.2) is 40.3 Å². The minimum atomic E-state index is -0.531. The van der Waals surface area contributed by atoms with E-state index in [-0.39, 0.29) is 18.2 Å². The number of pyridine rings is 1. The zero-order chi connectivity index (χ0) is 17.9. The molecule has 6 nitrogen and oxygen atoms in total. The van der Waals surface area contributed by atoms with Crippen LogP contribution in [0.5, 0.6) is 5.88 Å². The van der Waals surface area contributed by atoms with Crippen LogP contribution in [0, 0.1) is 18.3 Å².